The van der Waals surface area contributed by atoms with Crippen LogP contribution in [0, 0.1) is 17.7 Å². The second-order valence-corrected chi connectivity index (χ2v) is 6.66. The van der Waals surface area contributed by atoms with Gasteiger partial charge in [0.05, 0.1) is 5.60 Å². The molecular weight excluding hydrogens is 295 g/mol. The van der Waals surface area contributed by atoms with Crippen LogP contribution >= 0.6 is 15.9 Å². The maximum absolute atomic E-state index is 13.3. The molecule has 100 valence electrons. The second-order valence-electron chi connectivity index (χ2n) is 5.80. The van der Waals surface area contributed by atoms with Gasteiger partial charge in [0.15, 0.2) is 0 Å². The Balaban J connectivity index is 2.23. The zero-order chi connectivity index (χ0) is 13.3. The van der Waals surface area contributed by atoms with Gasteiger partial charge in [-0.15, -0.1) is 0 Å². The Bertz CT molecular complexity index is 435. The summed E-state index contributed by atoms with van der Waals surface area (Å²) >= 11 is 3.44. The molecule has 0 aliphatic heterocycles. The monoisotopic (exact) mass is 314 g/mol. The van der Waals surface area contributed by atoms with E-state index in [2.05, 4.69) is 29.8 Å². The molecule has 0 aromatic heterocycles. The van der Waals surface area contributed by atoms with E-state index >= 15 is 0 Å². The fraction of sp³-hybridized carbons (Fsp3) is 0.600. The predicted molar refractivity (Wildman–Crippen MR) is 74.9 cm³/mol. The molecule has 2 rings (SSSR count). The lowest BCUT2D eigenvalue weighted by Gasteiger charge is -2.41. The van der Waals surface area contributed by atoms with E-state index in [9.17, 15) is 9.50 Å². The minimum atomic E-state index is -0.700. The average Bonchev–Trinajstić information content (AvgIpc) is 2.29. The first-order valence-corrected chi connectivity index (χ1v) is 7.36. The van der Waals surface area contributed by atoms with E-state index in [0.717, 1.165) is 22.9 Å². The molecule has 0 spiro atoms. The molecule has 1 fully saturated rings. The third-order valence-electron chi connectivity index (χ3n) is 4.22. The van der Waals surface area contributed by atoms with Crippen LogP contribution in [0.3, 0.4) is 0 Å². The summed E-state index contributed by atoms with van der Waals surface area (Å²) in [6.45, 7) is 4.27. The van der Waals surface area contributed by atoms with Gasteiger partial charge in [-0.25, -0.2) is 4.39 Å². The van der Waals surface area contributed by atoms with Crippen molar-refractivity contribution in [2.45, 2.75) is 45.1 Å². The fourth-order valence-electron chi connectivity index (χ4n) is 2.96. The summed E-state index contributed by atoms with van der Waals surface area (Å²) < 4.78 is 14.2. The Kier molecular flexibility index (Phi) is 4.12. The highest BCUT2D eigenvalue weighted by atomic mass is 79.9. The summed E-state index contributed by atoms with van der Waals surface area (Å²) in [5.41, 5.74) is 0.159. The molecule has 1 nitrogen and oxygen atoms in total. The Morgan fingerprint density at radius 2 is 2.11 bits per heavy atom. The van der Waals surface area contributed by atoms with Gasteiger partial charge in [0.2, 0.25) is 0 Å². The molecule has 0 bridgehead atoms. The second kappa shape index (κ2) is 5.30. The Morgan fingerprint density at radius 3 is 2.83 bits per heavy atom. The predicted octanol–water partition coefficient (Wildman–Crippen LogP) is 4.32. The molecule has 1 aliphatic rings. The van der Waals surface area contributed by atoms with Gasteiger partial charge in [-0.1, -0.05) is 36.2 Å². The van der Waals surface area contributed by atoms with Crippen molar-refractivity contribution >= 4 is 15.9 Å². The van der Waals surface area contributed by atoms with E-state index < -0.39 is 5.60 Å². The van der Waals surface area contributed by atoms with Crippen LogP contribution in [0.4, 0.5) is 4.39 Å². The van der Waals surface area contributed by atoms with Gasteiger partial charge in [0.25, 0.3) is 0 Å². The molecule has 1 aromatic carbocycles. The molecule has 0 heterocycles. The molecule has 18 heavy (non-hydrogen) atoms. The zero-order valence-electron chi connectivity index (χ0n) is 10.9. The Hall–Kier alpha value is -0.410. The van der Waals surface area contributed by atoms with Crippen molar-refractivity contribution in [2.75, 3.05) is 0 Å². The van der Waals surface area contributed by atoms with E-state index in [1.807, 2.05) is 0 Å². The number of aliphatic hydroxyl groups is 1. The first kappa shape index (κ1) is 14.0. The van der Waals surface area contributed by atoms with Crippen molar-refractivity contribution < 1.29 is 9.50 Å². The molecule has 0 saturated heterocycles. The highest BCUT2D eigenvalue weighted by molar-refractivity contribution is 9.10. The van der Waals surface area contributed by atoms with Crippen LogP contribution in [-0.4, -0.2) is 10.7 Å². The summed E-state index contributed by atoms with van der Waals surface area (Å²) in [4.78, 5) is 0. The number of hydrogen-bond donors (Lipinski definition) is 1. The smallest absolute Gasteiger partial charge is 0.123 e. The van der Waals surface area contributed by atoms with Gasteiger partial charge in [-0.3, -0.25) is 0 Å². The lowest BCUT2D eigenvalue weighted by atomic mass is 9.69. The summed E-state index contributed by atoms with van der Waals surface area (Å²) in [7, 11) is 0. The molecule has 0 radical (unpaired) electrons. The lowest BCUT2D eigenvalue weighted by Crippen LogP contribution is -2.43. The van der Waals surface area contributed by atoms with Crippen LogP contribution in [0.5, 0.6) is 0 Å². The van der Waals surface area contributed by atoms with E-state index in [4.69, 9.17) is 0 Å². The summed E-state index contributed by atoms with van der Waals surface area (Å²) in [5, 5.41) is 10.8. The fourth-order valence-corrected chi connectivity index (χ4v) is 3.35. The zero-order valence-corrected chi connectivity index (χ0v) is 12.5. The largest absolute Gasteiger partial charge is 0.389 e. The average molecular weight is 315 g/mol. The first-order valence-electron chi connectivity index (χ1n) is 6.57. The van der Waals surface area contributed by atoms with Gasteiger partial charge in [-0.05, 0) is 48.4 Å². The van der Waals surface area contributed by atoms with E-state index in [1.54, 1.807) is 6.07 Å². The molecule has 1 saturated carbocycles. The van der Waals surface area contributed by atoms with Crippen LogP contribution in [-0.2, 0) is 6.42 Å². The Labute approximate surface area is 117 Å². The number of rotatable bonds is 2. The van der Waals surface area contributed by atoms with Crippen molar-refractivity contribution in [3.63, 3.8) is 0 Å². The summed E-state index contributed by atoms with van der Waals surface area (Å²) in [6, 6.07) is 4.67. The highest BCUT2D eigenvalue weighted by Crippen LogP contribution is 2.40. The van der Waals surface area contributed by atoms with Crippen molar-refractivity contribution in [3.8, 4) is 0 Å². The Morgan fingerprint density at radius 1 is 1.39 bits per heavy atom. The van der Waals surface area contributed by atoms with Gasteiger partial charge >= 0.3 is 0 Å². The molecular formula is C15H20BrFO. The molecule has 0 amide bonds. The van der Waals surface area contributed by atoms with Crippen molar-refractivity contribution in [2.24, 2.45) is 11.8 Å². The highest BCUT2D eigenvalue weighted by Gasteiger charge is 2.39. The molecule has 3 atom stereocenters. The topological polar surface area (TPSA) is 20.2 Å². The summed E-state index contributed by atoms with van der Waals surface area (Å²) in [6.07, 6.45) is 3.55. The third kappa shape index (κ3) is 2.94. The van der Waals surface area contributed by atoms with Crippen molar-refractivity contribution in [3.05, 3.63) is 34.1 Å². The molecule has 3 unspecified atom stereocenters. The van der Waals surface area contributed by atoms with E-state index in [-0.39, 0.29) is 11.7 Å². The van der Waals surface area contributed by atoms with E-state index in [0.29, 0.717) is 12.3 Å². The third-order valence-corrected chi connectivity index (χ3v) is 4.99. The van der Waals surface area contributed by atoms with Crippen LogP contribution in [0.1, 0.15) is 38.7 Å². The van der Waals surface area contributed by atoms with Crippen molar-refractivity contribution in [1.82, 2.24) is 0 Å². The van der Waals surface area contributed by atoms with Crippen LogP contribution in [0.15, 0.2) is 22.7 Å². The standard InChI is InChI=1S/C15H20BrFO/c1-10-3-4-11(2)15(18,8-10)9-12-7-13(17)5-6-14(12)16/h5-7,10-11,18H,3-4,8-9H2,1-2H3. The maximum atomic E-state index is 13.3. The maximum Gasteiger partial charge on any atom is 0.123 e. The number of benzene rings is 1. The minimum Gasteiger partial charge on any atom is -0.389 e. The molecule has 3 heteroatoms. The first-order chi connectivity index (χ1) is 8.40. The number of halogens is 2. The van der Waals surface area contributed by atoms with Crippen LogP contribution in [0.25, 0.3) is 0 Å². The van der Waals surface area contributed by atoms with Crippen LogP contribution in [0.2, 0.25) is 0 Å². The lowest BCUT2D eigenvalue weighted by molar-refractivity contribution is -0.0561. The van der Waals surface area contributed by atoms with Gasteiger partial charge in [-0.2, -0.15) is 0 Å². The number of hydrogen-bond acceptors (Lipinski definition) is 1. The normalized spacial score (nSPS) is 32.5. The van der Waals surface area contributed by atoms with E-state index in [1.165, 1.54) is 18.6 Å². The van der Waals surface area contributed by atoms with Crippen molar-refractivity contribution in [1.29, 1.82) is 0 Å². The van der Waals surface area contributed by atoms with Gasteiger partial charge < -0.3 is 5.11 Å². The van der Waals surface area contributed by atoms with Crippen LogP contribution < -0.4 is 0 Å². The SMILES string of the molecule is CC1CCC(C)C(O)(Cc2cc(F)ccc2Br)C1. The molecule has 1 aromatic rings. The van der Waals surface area contributed by atoms with Gasteiger partial charge in [0.1, 0.15) is 5.82 Å². The summed E-state index contributed by atoms with van der Waals surface area (Å²) in [5.74, 6) is 0.565. The molecule has 1 aliphatic carbocycles. The van der Waals surface area contributed by atoms with Gasteiger partial charge in [0, 0.05) is 10.9 Å². The molecule has 1 N–H and O–H groups in total. The minimum absolute atomic E-state index is 0.242. The quantitative estimate of drug-likeness (QED) is 0.862.